The number of rotatable bonds is 6. The third kappa shape index (κ3) is 4.79. The predicted octanol–water partition coefficient (Wildman–Crippen LogP) is 3.06. The van der Waals surface area contributed by atoms with Gasteiger partial charge >= 0.3 is 0 Å². The number of hydrogen-bond donors (Lipinski definition) is 1. The number of pyridine rings is 1. The van der Waals surface area contributed by atoms with Gasteiger partial charge < -0.3 is 14.6 Å². The van der Waals surface area contributed by atoms with Crippen LogP contribution in [0.5, 0.6) is 0 Å². The minimum Gasteiger partial charge on any atom is -0.467 e. The first-order valence-electron chi connectivity index (χ1n) is 9.26. The van der Waals surface area contributed by atoms with E-state index in [1.54, 1.807) is 29.6 Å². The molecule has 4 heterocycles. The summed E-state index contributed by atoms with van der Waals surface area (Å²) < 4.78 is 7.36. The number of halogens is 1. The number of nitrogens with one attached hydrogen (secondary N) is 1. The van der Waals surface area contributed by atoms with Crippen molar-refractivity contribution in [3.63, 3.8) is 0 Å². The fraction of sp³-hybridized carbons (Fsp3) is 0.350. The van der Waals surface area contributed by atoms with Crippen molar-refractivity contribution in [3.05, 3.63) is 72.2 Å². The summed E-state index contributed by atoms with van der Waals surface area (Å²) in [4.78, 5) is 19.0. The fourth-order valence-electron chi connectivity index (χ4n) is 3.38. The summed E-state index contributed by atoms with van der Waals surface area (Å²) in [5.41, 5.74) is 1.42. The van der Waals surface area contributed by atoms with E-state index in [1.807, 2.05) is 35.1 Å². The van der Waals surface area contributed by atoms with Gasteiger partial charge in [-0.1, -0.05) is 6.07 Å². The number of piperidine rings is 1. The van der Waals surface area contributed by atoms with Crippen molar-refractivity contribution in [1.29, 1.82) is 0 Å². The van der Waals surface area contributed by atoms with E-state index in [0.29, 0.717) is 24.8 Å². The highest BCUT2D eigenvalue weighted by Crippen LogP contribution is 2.18. The molecular weight excluding hydrogens is 378 g/mol. The van der Waals surface area contributed by atoms with Crippen molar-refractivity contribution in [2.45, 2.75) is 32.0 Å². The molecule has 1 amide bonds. The van der Waals surface area contributed by atoms with E-state index in [4.69, 9.17) is 4.42 Å². The van der Waals surface area contributed by atoms with Gasteiger partial charge in [0, 0.05) is 31.7 Å². The molecule has 4 rings (SSSR count). The quantitative estimate of drug-likeness (QED) is 0.687. The highest BCUT2D eigenvalue weighted by Gasteiger charge is 2.22. The first-order valence-corrected chi connectivity index (χ1v) is 9.26. The van der Waals surface area contributed by atoms with Crippen LogP contribution in [0.2, 0.25) is 0 Å². The van der Waals surface area contributed by atoms with E-state index < -0.39 is 0 Å². The molecule has 0 aliphatic carbocycles. The van der Waals surface area contributed by atoms with Crippen LogP contribution in [0.3, 0.4) is 0 Å². The van der Waals surface area contributed by atoms with Crippen molar-refractivity contribution in [1.82, 2.24) is 25.0 Å². The molecule has 1 aliphatic heterocycles. The minimum atomic E-state index is -0.113. The molecule has 3 aromatic heterocycles. The van der Waals surface area contributed by atoms with Crippen molar-refractivity contribution < 1.29 is 9.21 Å². The molecule has 0 radical (unpaired) electrons. The Morgan fingerprint density at radius 3 is 2.93 bits per heavy atom. The molecule has 7 nitrogen and oxygen atoms in total. The van der Waals surface area contributed by atoms with Crippen molar-refractivity contribution >= 4 is 18.3 Å². The van der Waals surface area contributed by atoms with Gasteiger partial charge in [0.25, 0.3) is 5.91 Å². The fourth-order valence-corrected chi connectivity index (χ4v) is 3.38. The van der Waals surface area contributed by atoms with Crippen molar-refractivity contribution in [3.8, 4) is 0 Å². The van der Waals surface area contributed by atoms with E-state index in [2.05, 4.69) is 15.4 Å². The Kier molecular flexibility index (Phi) is 6.84. The average Bonchev–Trinajstić information content (AvgIpc) is 3.41. The summed E-state index contributed by atoms with van der Waals surface area (Å²) in [7, 11) is 0. The third-order valence-corrected chi connectivity index (χ3v) is 4.78. The highest BCUT2D eigenvalue weighted by molar-refractivity contribution is 5.92. The van der Waals surface area contributed by atoms with Crippen LogP contribution in [-0.4, -0.2) is 38.7 Å². The molecule has 8 heteroatoms. The van der Waals surface area contributed by atoms with Gasteiger partial charge in [0.15, 0.2) is 0 Å². The summed E-state index contributed by atoms with van der Waals surface area (Å²) in [5.74, 6) is 0.626. The summed E-state index contributed by atoms with van der Waals surface area (Å²) in [5, 5.41) is 7.95. The van der Waals surface area contributed by atoms with Gasteiger partial charge in [-0.3, -0.25) is 14.5 Å². The Morgan fingerprint density at radius 1 is 1.29 bits per heavy atom. The Bertz CT molecular complexity index is 860. The van der Waals surface area contributed by atoms with Gasteiger partial charge in [-0.15, -0.1) is 12.4 Å². The maximum Gasteiger partial charge on any atom is 0.275 e. The topological polar surface area (TPSA) is 76.2 Å². The normalized spacial score (nSPS) is 16.4. The predicted molar refractivity (Wildman–Crippen MR) is 107 cm³/mol. The van der Waals surface area contributed by atoms with Gasteiger partial charge in [0.1, 0.15) is 11.5 Å². The molecule has 0 spiro atoms. The molecule has 1 unspecified atom stereocenters. The van der Waals surface area contributed by atoms with Crippen LogP contribution in [0.1, 0.15) is 40.7 Å². The zero-order valence-corrected chi connectivity index (χ0v) is 16.3. The zero-order valence-electron chi connectivity index (χ0n) is 15.5. The lowest BCUT2D eigenvalue weighted by Crippen LogP contribution is -2.33. The lowest BCUT2D eigenvalue weighted by molar-refractivity contribution is 0.0710. The van der Waals surface area contributed by atoms with Crippen molar-refractivity contribution in [2.24, 2.45) is 0 Å². The second kappa shape index (κ2) is 9.52. The third-order valence-electron chi connectivity index (χ3n) is 4.78. The Morgan fingerprint density at radius 2 is 2.21 bits per heavy atom. The second-order valence-corrected chi connectivity index (χ2v) is 6.78. The number of amides is 1. The molecule has 0 aromatic carbocycles. The number of carbonyl (C=O) groups excluding carboxylic acids is 1. The van der Waals surface area contributed by atoms with Crippen LogP contribution >= 0.6 is 12.4 Å². The smallest absolute Gasteiger partial charge is 0.275 e. The van der Waals surface area contributed by atoms with Crippen LogP contribution in [0.15, 0.2) is 59.6 Å². The maximum atomic E-state index is 13.1. The lowest BCUT2D eigenvalue weighted by atomic mass is 10.1. The molecule has 3 aromatic rings. The van der Waals surface area contributed by atoms with Gasteiger partial charge in [0.2, 0.25) is 0 Å². The number of hydrogen-bond acceptors (Lipinski definition) is 5. The molecule has 1 aliphatic rings. The van der Waals surface area contributed by atoms with Gasteiger partial charge in [-0.2, -0.15) is 5.10 Å². The van der Waals surface area contributed by atoms with Crippen molar-refractivity contribution in [2.75, 3.05) is 13.1 Å². The molecular formula is C20H24ClN5O2. The first kappa shape index (κ1) is 20.1. The van der Waals surface area contributed by atoms with Crippen LogP contribution in [0.25, 0.3) is 0 Å². The van der Waals surface area contributed by atoms with Crippen LogP contribution in [-0.2, 0) is 13.1 Å². The molecule has 28 heavy (non-hydrogen) atoms. The number of aromatic nitrogens is 3. The Labute approximate surface area is 170 Å². The Hall–Kier alpha value is -2.64. The molecule has 148 valence electrons. The Balaban J connectivity index is 0.00000225. The van der Waals surface area contributed by atoms with Gasteiger partial charge in [-0.05, 0) is 49.2 Å². The average molecular weight is 402 g/mol. The molecule has 0 bridgehead atoms. The van der Waals surface area contributed by atoms with Crippen LogP contribution in [0.4, 0.5) is 0 Å². The summed E-state index contributed by atoms with van der Waals surface area (Å²) >= 11 is 0. The lowest BCUT2D eigenvalue weighted by Gasteiger charge is -2.23. The molecule has 1 fully saturated rings. The summed E-state index contributed by atoms with van der Waals surface area (Å²) in [6.45, 7) is 2.77. The standard InChI is InChI=1S/C20H23N5O2.ClH/c26-20(19-7-10-25(23-19)17-5-2-9-22-13-17)24(15-18-6-3-11-27-18)14-16-4-1-8-21-12-16;/h1,3-4,6-8,10-12,17,22H,2,5,9,13-15H2;1H. The molecule has 0 saturated carbocycles. The number of furan rings is 1. The van der Waals surface area contributed by atoms with E-state index in [9.17, 15) is 4.79 Å². The SMILES string of the molecule is Cl.O=C(c1ccn(C2CCCNC2)n1)N(Cc1cccnc1)Cc1ccco1. The van der Waals surface area contributed by atoms with Crippen LogP contribution < -0.4 is 5.32 Å². The van der Waals surface area contributed by atoms with E-state index in [-0.39, 0.29) is 18.3 Å². The largest absolute Gasteiger partial charge is 0.467 e. The summed E-state index contributed by atoms with van der Waals surface area (Å²) in [6.07, 6.45) is 9.22. The van der Waals surface area contributed by atoms with E-state index in [1.165, 1.54) is 0 Å². The minimum absolute atomic E-state index is 0. The first-order chi connectivity index (χ1) is 13.3. The van der Waals surface area contributed by atoms with Gasteiger partial charge in [-0.25, -0.2) is 0 Å². The molecule has 1 atom stereocenters. The second-order valence-electron chi connectivity index (χ2n) is 6.78. The highest BCUT2D eigenvalue weighted by atomic mass is 35.5. The molecule has 1 N–H and O–H groups in total. The summed E-state index contributed by atoms with van der Waals surface area (Å²) in [6, 6.07) is 9.63. The zero-order chi connectivity index (χ0) is 18.5. The molecule has 1 saturated heterocycles. The van der Waals surface area contributed by atoms with E-state index >= 15 is 0 Å². The maximum absolute atomic E-state index is 13.1. The monoisotopic (exact) mass is 401 g/mol. The number of carbonyl (C=O) groups is 1. The number of nitrogens with zero attached hydrogens (tertiary/aromatic N) is 4. The van der Waals surface area contributed by atoms with E-state index in [0.717, 1.165) is 37.3 Å². The van der Waals surface area contributed by atoms with Gasteiger partial charge in [0.05, 0.1) is 18.8 Å². The van der Waals surface area contributed by atoms with Crippen LogP contribution in [0, 0.1) is 0 Å².